The first-order valence-electron chi connectivity index (χ1n) is 7.97. The van der Waals surface area contributed by atoms with E-state index in [0.717, 1.165) is 33.5 Å². The van der Waals surface area contributed by atoms with Gasteiger partial charge in [-0.05, 0) is 28.8 Å². The summed E-state index contributed by atoms with van der Waals surface area (Å²) in [6.45, 7) is 0. The van der Waals surface area contributed by atoms with Crippen LogP contribution in [0, 0.1) is 0 Å². The summed E-state index contributed by atoms with van der Waals surface area (Å²) in [4.78, 5) is 24.7. The first-order valence-corrected chi connectivity index (χ1v) is 7.97. The highest BCUT2D eigenvalue weighted by atomic mass is 16.2. The lowest BCUT2D eigenvalue weighted by molar-refractivity contribution is -0.122. The SMILES string of the molecule is Cn1nccc1-c1ccc2c(c1)C1(NC(=O)NC1=O)c1ccccc1-2. The van der Waals surface area contributed by atoms with E-state index >= 15 is 0 Å². The fraction of sp³-hybridized carbons (Fsp3) is 0.105. The summed E-state index contributed by atoms with van der Waals surface area (Å²) in [6.07, 6.45) is 1.73. The second-order valence-electron chi connectivity index (χ2n) is 6.30. The number of aromatic nitrogens is 2. The van der Waals surface area contributed by atoms with Crippen LogP contribution in [0.1, 0.15) is 11.1 Å². The third kappa shape index (κ3) is 1.65. The Morgan fingerprint density at radius 1 is 1.00 bits per heavy atom. The summed E-state index contributed by atoms with van der Waals surface area (Å²) in [6, 6.07) is 15.1. The molecule has 1 aliphatic heterocycles. The topological polar surface area (TPSA) is 76.0 Å². The maximum absolute atomic E-state index is 12.8. The van der Waals surface area contributed by atoms with Crippen LogP contribution in [0.2, 0.25) is 0 Å². The molecule has 1 fully saturated rings. The van der Waals surface area contributed by atoms with Gasteiger partial charge in [0.2, 0.25) is 0 Å². The van der Waals surface area contributed by atoms with Crippen molar-refractivity contribution in [3.05, 3.63) is 65.9 Å². The number of carbonyl (C=O) groups is 2. The molecule has 1 saturated heterocycles. The quantitative estimate of drug-likeness (QED) is 0.671. The molecule has 25 heavy (non-hydrogen) atoms. The normalized spacial score (nSPS) is 20.4. The predicted molar refractivity (Wildman–Crippen MR) is 91.5 cm³/mol. The number of amides is 3. The molecule has 3 aromatic rings. The molecule has 6 heteroatoms. The number of fused-ring (bicyclic) bond motifs is 5. The lowest BCUT2D eigenvalue weighted by atomic mass is 9.86. The number of urea groups is 1. The fourth-order valence-electron chi connectivity index (χ4n) is 3.93. The minimum Gasteiger partial charge on any atom is -0.316 e. The largest absolute Gasteiger partial charge is 0.322 e. The van der Waals surface area contributed by atoms with Gasteiger partial charge in [-0.15, -0.1) is 0 Å². The first kappa shape index (κ1) is 14.0. The molecule has 2 aromatic carbocycles. The third-order valence-electron chi connectivity index (χ3n) is 5.03. The van der Waals surface area contributed by atoms with E-state index in [1.165, 1.54) is 0 Å². The summed E-state index contributed by atoms with van der Waals surface area (Å²) in [5.74, 6) is -0.342. The van der Waals surface area contributed by atoms with Crippen molar-refractivity contribution >= 4 is 11.9 Å². The molecule has 0 radical (unpaired) electrons. The van der Waals surface area contributed by atoms with Gasteiger partial charge in [0.15, 0.2) is 5.54 Å². The maximum Gasteiger partial charge on any atom is 0.322 e. The van der Waals surface area contributed by atoms with E-state index in [-0.39, 0.29) is 5.91 Å². The van der Waals surface area contributed by atoms with E-state index < -0.39 is 11.6 Å². The van der Waals surface area contributed by atoms with Crippen molar-refractivity contribution in [3.8, 4) is 22.4 Å². The molecule has 122 valence electrons. The second kappa shape index (κ2) is 4.57. The highest BCUT2D eigenvalue weighted by Gasteiger charge is 2.54. The molecule has 5 rings (SSSR count). The molecule has 1 spiro atoms. The first-order chi connectivity index (χ1) is 12.1. The summed E-state index contributed by atoms with van der Waals surface area (Å²) in [5.41, 5.74) is 4.23. The van der Waals surface area contributed by atoms with Crippen molar-refractivity contribution in [2.45, 2.75) is 5.54 Å². The standard InChI is InChI=1S/C19H14N4O2/c1-23-16(8-9-20-23)11-6-7-13-12-4-2-3-5-14(12)19(15(13)10-11)17(24)21-18(25)22-19/h2-10H,1H3,(H2,21,22,24,25). The Labute approximate surface area is 143 Å². The smallest absolute Gasteiger partial charge is 0.316 e. The van der Waals surface area contributed by atoms with Crippen molar-refractivity contribution in [2.75, 3.05) is 0 Å². The summed E-state index contributed by atoms with van der Waals surface area (Å²) >= 11 is 0. The summed E-state index contributed by atoms with van der Waals surface area (Å²) in [7, 11) is 1.87. The van der Waals surface area contributed by atoms with Crippen molar-refractivity contribution in [3.63, 3.8) is 0 Å². The molecule has 1 atom stereocenters. The van der Waals surface area contributed by atoms with Gasteiger partial charge >= 0.3 is 6.03 Å². The lowest BCUT2D eigenvalue weighted by Gasteiger charge is -2.23. The zero-order valence-electron chi connectivity index (χ0n) is 13.4. The number of rotatable bonds is 1. The van der Waals surface area contributed by atoms with Gasteiger partial charge in [-0.2, -0.15) is 5.10 Å². The number of nitrogens with one attached hydrogen (secondary N) is 2. The third-order valence-corrected chi connectivity index (χ3v) is 5.03. The minimum absolute atomic E-state index is 0.342. The second-order valence-corrected chi connectivity index (χ2v) is 6.30. The fourth-order valence-corrected chi connectivity index (χ4v) is 3.93. The molecule has 1 unspecified atom stereocenters. The zero-order chi connectivity index (χ0) is 17.2. The van der Waals surface area contributed by atoms with Gasteiger partial charge < -0.3 is 5.32 Å². The van der Waals surface area contributed by atoms with Gasteiger partial charge in [-0.25, -0.2) is 4.79 Å². The highest BCUT2D eigenvalue weighted by molar-refractivity contribution is 6.13. The Kier molecular flexibility index (Phi) is 2.55. The minimum atomic E-state index is -1.17. The van der Waals surface area contributed by atoms with E-state index in [0.29, 0.717) is 0 Å². The molecule has 0 bridgehead atoms. The summed E-state index contributed by atoms with van der Waals surface area (Å²) < 4.78 is 1.78. The van der Waals surface area contributed by atoms with Crippen molar-refractivity contribution < 1.29 is 9.59 Å². The number of imide groups is 1. The van der Waals surface area contributed by atoms with Crippen LogP contribution in [0.4, 0.5) is 4.79 Å². The Hall–Kier alpha value is -3.41. The number of nitrogens with zero attached hydrogens (tertiary/aromatic N) is 2. The monoisotopic (exact) mass is 330 g/mol. The number of benzene rings is 2. The number of aryl methyl sites for hydroxylation is 1. The number of hydrogen-bond donors (Lipinski definition) is 2. The molecule has 2 aliphatic rings. The molecule has 0 saturated carbocycles. The van der Waals surface area contributed by atoms with Crippen molar-refractivity contribution in [2.24, 2.45) is 7.05 Å². The Bertz CT molecular complexity index is 1070. The highest BCUT2D eigenvalue weighted by Crippen LogP contribution is 2.49. The summed E-state index contributed by atoms with van der Waals surface area (Å²) in [5, 5.41) is 9.46. The number of hydrogen-bond acceptors (Lipinski definition) is 3. The van der Waals surface area contributed by atoms with Gasteiger partial charge in [0, 0.05) is 24.4 Å². The van der Waals surface area contributed by atoms with Crippen LogP contribution in [-0.4, -0.2) is 21.7 Å². The lowest BCUT2D eigenvalue weighted by Crippen LogP contribution is -2.43. The molecule has 2 N–H and O–H groups in total. The van der Waals surface area contributed by atoms with Crippen molar-refractivity contribution in [1.29, 1.82) is 0 Å². The molecule has 6 nitrogen and oxygen atoms in total. The van der Waals surface area contributed by atoms with Crippen LogP contribution in [0.15, 0.2) is 54.7 Å². The molecule has 3 amide bonds. The van der Waals surface area contributed by atoms with Gasteiger partial charge in [0.05, 0.1) is 5.69 Å². The van der Waals surface area contributed by atoms with Gasteiger partial charge in [0.25, 0.3) is 5.91 Å². The van der Waals surface area contributed by atoms with E-state index in [4.69, 9.17) is 0 Å². The maximum atomic E-state index is 12.8. The van der Waals surface area contributed by atoms with Crippen LogP contribution in [0.3, 0.4) is 0 Å². The van der Waals surface area contributed by atoms with Crippen LogP contribution in [0.25, 0.3) is 22.4 Å². The Morgan fingerprint density at radius 3 is 2.52 bits per heavy atom. The van der Waals surface area contributed by atoms with Crippen LogP contribution in [0.5, 0.6) is 0 Å². The average molecular weight is 330 g/mol. The average Bonchev–Trinajstić information content (AvgIpc) is 3.25. The van der Waals surface area contributed by atoms with Crippen LogP contribution >= 0.6 is 0 Å². The molecular formula is C19H14N4O2. The van der Waals surface area contributed by atoms with E-state index in [2.05, 4.69) is 15.7 Å². The Balaban J connectivity index is 1.82. The molecule has 1 aromatic heterocycles. The predicted octanol–water partition coefficient (Wildman–Crippen LogP) is 2.15. The van der Waals surface area contributed by atoms with E-state index in [1.54, 1.807) is 10.9 Å². The van der Waals surface area contributed by atoms with E-state index in [1.807, 2.05) is 55.6 Å². The number of carbonyl (C=O) groups excluding carboxylic acids is 2. The zero-order valence-corrected chi connectivity index (χ0v) is 13.4. The van der Waals surface area contributed by atoms with Crippen LogP contribution < -0.4 is 10.6 Å². The molecular weight excluding hydrogens is 316 g/mol. The van der Waals surface area contributed by atoms with Crippen LogP contribution in [-0.2, 0) is 17.4 Å². The molecule has 1 aliphatic carbocycles. The Morgan fingerprint density at radius 2 is 1.80 bits per heavy atom. The van der Waals surface area contributed by atoms with E-state index in [9.17, 15) is 9.59 Å². The van der Waals surface area contributed by atoms with Crippen molar-refractivity contribution in [1.82, 2.24) is 20.4 Å². The van der Waals surface area contributed by atoms with Gasteiger partial charge in [-0.3, -0.25) is 14.8 Å². The van der Waals surface area contributed by atoms with Gasteiger partial charge in [-0.1, -0.05) is 36.4 Å². The molecule has 2 heterocycles. The van der Waals surface area contributed by atoms with Gasteiger partial charge in [0.1, 0.15) is 0 Å².